The van der Waals surface area contributed by atoms with Gasteiger partial charge in [0.05, 0.1) is 12.1 Å². The molecule has 1 aromatic carbocycles. The van der Waals surface area contributed by atoms with E-state index in [1.165, 1.54) is 0 Å². The van der Waals surface area contributed by atoms with Gasteiger partial charge in [0.15, 0.2) is 5.96 Å². The van der Waals surface area contributed by atoms with Gasteiger partial charge in [-0.3, -0.25) is 24.2 Å². The van der Waals surface area contributed by atoms with Crippen LogP contribution in [0.2, 0.25) is 0 Å². The molecular weight excluding hydrogens is 623 g/mol. The monoisotopic (exact) mass is 669 g/mol. The van der Waals surface area contributed by atoms with Crippen LogP contribution >= 0.6 is 0 Å². The molecule has 0 spiro atoms. The standard InChI is InChI=1S/C29H45N7O4.C2HF3O2/c30-29(31)34-18-10-14-22-25(37)27(39)33-17-9-4-2-1-3-8-16-32-23(20-21-12-6-5-7-13-21)28(40)36-19-11-15-24(36)26(38)35-22;3-2(4,5)1(6)7/h5-7,12-13,22-24,32H,1-4,8-11,14-20H2,(H,33,39)(H,35,38)(H4,30,31,34);(H,6,7)/t22-,23-,24-;/m1./s1. The molecule has 0 bridgehead atoms. The Kier molecular flexibility index (Phi) is 16.7. The van der Waals surface area contributed by atoms with E-state index >= 15 is 0 Å². The van der Waals surface area contributed by atoms with Crippen molar-refractivity contribution in [2.45, 2.75) is 94.9 Å². The molecule has 47 heavy (non-hydrogen) atoms. The zero-order chi connectivity index (χ0) is 34.8. The first-order valence-corrected chi connectivity index (χ1v) is 15.9. The number of benzene rings is 1. The number of alkyl halides is 3. The third-order valence-corrected chi connectivity index (χ3v) is 7.74. The molecule has 16 heteroatoms. The number of nitrogens with one attached hydrogen (secondary N) is 3. The van der Waals surface area contributed by atoms with Gasteiger partial charge in [-0.15, -0.1) is 0 Å². The molecule has 2 aliphatic heterocycles. The Morgan fingerprint density at radius 3 is 2.17 bits per heavy atom. The number of carboxylic acid groups (broad SMARTS) is 1. The van der Waals surface area contributed by atoms with Crippen LogP contribution in [-0.4, -0.2) is 95.9 Å². The number of halogens is 3. The van der Waals surface area contributed by atoms with Crippen molar-refractivity contribution in [1.82, 2.24) is 20.9 Å². The quantitative estimate of drug-likeness (QED) is 0.112. The minimum atomic E-state index is -5.08. The normalized spacial score (nSPS) is 22.3. The fraction of sp³-hybridized carbons (Fsp3) is 0.613. The summed E-state index contributed by atoms with van der Waals surface area (Å²) in [5.74, 6) is -4.77. The topological polar surface area (TPSA) is 209 Å². The van der Waals surface area contributed by atoms with Gasteiger partial charge in [-0.1, -0.05) is 56.0 Å². The molecule has 2 aliphatic rings. The van der Waals surface area contributed by atoms with Crippen LogP contribution in [0.5, 0.6) is 0 Å². The highest BCUT2D eigenvalue weighted by Gasteiger charge is 2.39. The molecule has 2 heterocycles. The minimum absolute atomic E-state index is 0.0626. The number of guanidine groups is 1. The van der Waals surface area contributed by atoms with E-state index in [1.807, 2.05) is 30.3 Å². The molecule has 0 radical (unpaired) electrons. The molecule has 2 fully saturated rings. The van der Waals surface area contributed by atoms with E-state index in [-0.39, 0.29) is 24.8 Å². The number of hydrogen-bond acceptors (Lipinski definition) is 7. The lowest BCUT2D eigenvalue weighted by molar-refractivity contribution is -0.192. The number of Topliss-reactive ketones (excluding diaryl/α,β-unsaturated/α-hetero) is 1. The first-order chi connectivity index (χ1) is 22.3. The highest BCUT2D eigenvalue weighted by Crippen LogP contribution is 2.21. The minimum Gasteiger partial charge on any atom is -0.475 e. The van der Waals surface area contributed by atoms with Crippen molar-refractivity contribution in [1.29, 1.82) is 0 Å². The van der Waals surface area contributed by atoms with E-state index in [0.29, 0.717) is 38.8 Å². The van der Waals surface area contributed by atoms with Crippen LogP contribution < -0.4 is 27.4 Å². The van der Waals surface area contributed by atoms with Gasteiger partial charge < -0.3 is 37.4 Å². The first-order valence-electron chi connectivity index (χ1n) is 15.9. The van der Waals surface area contributed by atoms with Crippen molar-refractivity contribution < 1.29 is 42.3 Å². The van der Waals surface area contributed by atoms with Crippen molar-refractivity contribution >= 4 is 35.4 Å². The van der Waals surface area contributed by atoms with Crippen LogP contribution in [0.1, 0.15) is 69.8 Å². The number of nitrogens with zero attached hydrogens (tertiary/aromatic N) is 2. The molecule has 1 aromatic rings. The number of aliphatic imine (C=N–C) groups is 1. The van der Waals surface area contributed by atoms with Gasteiger partial charge in [0.2, 0.25) is 17.6 Å². The molecule has 13 nitrogen and oxygen atoms in total. The third kappa shape index (κ3) is 14.4. The van der Waals surface area contributed by atoms with Gasteiger partial charge >= 0.3 is 12.1 Å². The average molecular weight is 670 g/mol. The zero-order valence-electron chi connectivity index (χ0n) is 26.4. The number of rotatable bonds is 6. The number of ketones is 1. The van der Waals surface area contributed by atoms with Crippen molar-refractivity contribution in [3.63, 3.8) is 0 Å². The van der Waals surface area contributed by atoms with E-state index in [2.05, 4.69) is 20.9 Å². The number of amides is 3. The van der Waals surface area contributed by atoms with Crippen LogP contribution in [-0.2, 0) is 30.4 Å². The summed E-state index contributed by atoms with van der Waals surface area (Å²) >= 11 is 0. The van der Waals surface area contributed by atoms with Gasteiger partial charge in [0.25, 0.3) is 5.91 Å². The predicted molar refractivity (Wildman–Crippen MR) is 168 cm³/mol. The summed E-state index contributed by atoms with van der Waals surface area (Å²) in [5, 5.41) is 16.1. The molecule has 262 valence electrons. The lowest BCUT2D eigenvalue weighted by Gasteiger charge is -2.30. The van der Waals surface area contributed by atoms with Crippen molar-refractivity contribution in [2.24, 2.45) is 16.5 Å². The largest absolute Gasteiger partial charge is 0.490 e. The van der Waals surface area contributed by atoms with Crippen LogP contribution in [0.15, 0.2) is 35.3 Å². The lowest BCUT2D eigenvalue weighted by atomic mass is 10.0. The summed E-state index contributed by atoms with van der Waals surface area (Å²) < 4.78 is 31.7. The molecule has 0 aliphatic carbocycles. The highest BCUT2D eigenvalue weighted by molar-refractivity contribution is 6.38. The fourth-order valence-electron chi connectivity index (χ4n) is 5.32. The Morgan fingerprint density at radius 1 is 0.936 bits per heavy atom. The number of carboxylic acids is 1. The summed E-state index contributed by atoms with van der Waals surface area (Å²) in [6, 6.07) is 7.67. The van der Waals surface area contributed by atoms with Crippen molar-refractivity contribution in [3.05, 3.63) is 35.9 Å². The van der Waals surface area contributed by atoms with Crippen molar-refractivity contribution in [3.8, 4) is 0 Å². The molecule has 3 rings (SSSR count). The Morgan fingerprint density at radius 2 is 1.55 bits per heavy atom. The summed E-state index contributed by atoms with van der Waals surface area (Å²) in [6.45, 7) is 1.86. The highest BCUT2D eigenvalue weighted by atomic mass is 19.4. The number of hydrogen-bond donors (Lipinski definition) is 6. The maximum atomic E-state index is 13.8. The third-order valence-electron chi connectivity index (χ3n) is 7.74. The molecule has 0 aromatic heterocycles. The maximum absolute atomic E-state index is 13.8. The number of fused-ring (bicyclic) bond motifs is 1. The second kappa shape index (κ2) is 20.1. The van der Waals surface area contributed by atoms with Crippen LogP contribution in [0.3, 0.4) is 0 Å². The van der Waals surface area contributed by atoms with Crippen LogP contribution in [0, 0.1) is 0 Å². The zero-order valence-corrected chi connectivity index (χ0v) is 26.4. The molecule has 8 N–H and O–H groups in total. The van der Waals surface area contributed by atoms with Crippen LogP contribution in [0.25, 0.3) is 0 Å². The molecule has 2 saturated heterocycles. The molecule has 0 unspecified atom stereocenters. The summed E-state index contributed by atoms with van der Waals surface area (Å²) in [7, 11) is 0. The van der Waals surface area contributed by atoms with Crippen LogP contribution in [0.4, 0.5) is 13.2 Å². The predicted octanol–water partition coefficient (Wildman–Crippen LogP) is 1.39. The van der Waals surface area contributed by atoms with Gasteiger partial charge in [0.1, 0.15) is 6.04 Å². The van der Waals surface area contributed by atoms with Crippen molar-refractivity contribution in [2.75, 3.05) is 26.2 Å². The van der Waals surface area contributed by atoms with E-state index < -0.39 is 47.9 Å². The van der Waals surface area contributed by atoms with E-state index in [9.17, 15) is 32.3 Å². The molecule has 3 atom stereocenters. The smallest absolute Gasteiger partial charge is 0.475 e. The Hall–Kier alpha value is -4.21. The summed E-state index contributed by atoms with van der Waals surface area (Å²) in [5.41, 5.74) is 11.8. The van der Waals surface area contributed by atoms with E-state index in [1.54, 1.807) is 4.90 Å². The van der Waals surface area contributed by atoms with Gasteiger partial charge in [-0.25, -0.2) is 4.79 Å². The second-order valence-corrected chi connectivity index (χ2v) is 11.4. The van der Waals surface area contributed by atoms with Gasteiger partial charge in [-0.05, 0) is 57.1 Å². The second-order valence-electron chi connectivity index (χ2n) is 11.4. The maximum Gasteiger partial charge on any atom is 0.490 e. The fourth-order valence-corrected chi connectivity index (χ4v) is 5.32. The lowest BCUT2D eigenvalue weighted by Crippen LogP contribution is -2.56. The van der Waals surface area contributed by atoms with Gasteiger partial charge in [0, 0.05) is 19.6 Å². The van der Waals surface area contributed by atoms with E-state index in [4.69, 9.17) is 21.4 Å². The molecule has 0 saturated carbocycles. The SMILES string of the molecule is NC(N)=NCCC[C@H]1NC(=O)[C@H]2CCCN2C(=O)[C@@H](Cc2ccccc2)NCCCCCCCCNC(=O)C1=O.O=C(O)C(F)(F)F. The molecule has 3 amide bonds. The number of aliphatic carboxylic acids is 1. The van der Waals surface area contributed by atoms with E-state index in [0.717, 1.165) is 50.6 Å². The van der Waals surface area contributed by atoms with Gasteiger partial charge in [-0.2, -0.15) is 13.2 Å². The molecular formula is C31H46F3N7O6. The number of carbonyl (C=O) groups excluding carboxylic acids is 4. The summed E-state index contributed by atoms with van der Waals surface area (Å²) in [6.07, 6.45) is 3.06. The number of nitrogens with two attached hydrogens (primary N) is 2. The Balaban J connectivity index is 0.000000984. The summed E-state index contributed by atoms with van der Waals surface area (Å²) in [4.78, 5) is 67.5. The first kappa shape index (κ1) is 39.0. The number of carbonyl (C=O) groups is 5. The Bertz CT molecular complexity index is 1210. The average Bonchev–Trinajstić information content (AvgIpc) is 3.52. The Labute approximate surface area is 272 Å².